The molecule has 2 bridgehead atoms. The molecule has 3 rings (SSSR count). The van der Waals surface area contributed by atoms with Crippen molar-refractivity contribution in [1.29, 1.82) is 0 Å². The fourth-order valence-corrected chi connectivity index (χ4v) is 3.33. The van der Waals surface area contributed by atoms with Gasteiger partial charge in [-0.05, 0) is 30.4 Å². The minimum absolute atomic E-state index is 0.0851. The van der Waals surface area contributed by atoms with E-state index in [9.17, 15) is 19.1 Å². The number of carboxylic acids is 1. The number of allylic oxidation sites excluding steroid dienone is 2. The summed E-state index contributed by atoms with van der Waals surface area (Å²) in [4.78, 5) is 23.7. The lowest BCUT2D eigenvalue weighted by molar-refractivity contribution is -0.146. The van der Waals surface area contributed by atoms with Crippen LogP contribution in [-0.2, 0) is 9.59 Å². The summed E-state index contributed by atoms with van der Waals surface area (Å²) in [5.74, 6) is -4.32. The summed E-state index contributed by atoms with van der Waals surface area (Å²) < 4.78 is 13.3. The van der Waals surface area contributed by atoms with Gasteiger partial charge in [-0.15, -0.1) is 0 Å². The fraction of sp³-hybridized carbons (Fsp3) is 0.333. The van der Waals surface area contributed by atoms with E-state index in [1.165, 1.54) is 6.07 Å². The Labute approximate surface area is 120 Å². The lowest BCUT2D eigenvalue weighted by atomic mass is 9.82. The molecule has 1 aromatic carbocycles. The molecule has 3 N–H and O–H groups in total. The molecular weight excluding hydrogens is 277 g/mol. The Morgan fingerprint density at radius 3 is 2.48 bits per heavy atom. The predicted octanol–water partition coefficient (Wildman–Crippen LogP) is 1.99. The quantitative estimate of drug-likeness (QED) is 0.587. The topological polar surface area (TPSA) is 86.6 Å². The van der Waals surface area contributed by atoms with E-state index in [1.54, 1.807) is 0 Å². The van der Waals surface area contributed by atoms with Gasteiger partial charge in [-0.25, -0.2) is 4.39 Å². The number of fused-ring (bicyclic) bond motifs is 2. The van der Waals surface area contributed by atoms with Crippen LogP contribution in [-0.4, -0.2) is 22.1 Å². The molecule has 2 unspecified atom stereocenters. The second-order valence-corrected chi connectivity index (χ2v) is 5.49. The molecule has 1 amide bonds. The maximum Gasteiger partial charge on any atom is 0.307 e. The van der Waals surface area contributed by atoms with Crippen LogP contribution in [0.3, 0.4) is 0 Å². The van der Waals surface area contributed by atoms with Crippen LogP contribution >= 0.6 is 0 Å². The van der Waals surface area contributed by atoms with E-state index >= 15 is 0 Å². The van der Waals surface area contributed by atoms with Crippen molar-refractivity contribution < 1.29 is 24.2 Å². The van der Waals surface area contributed by atoms with E-state index in [4.69, 9.17) is 5.11 Å². The van der Waals surface area contributed by atoms with Crippen LogP contribution in [0.25, 0.3) is 0 Å². The first kappa shape index (κ1) is 13.6. The highest BCUT2D eigenvalue weighted by Crippen LogP contribution is 2.48. The minimum atomic E-state index is -0.983. The average molecular weight is 291 g/mol. The van der Waals surface area contributed by atoms with Crippen molar-refractivity contribution >= 4 is 17.6 Å². The highest BCUT2D eigenvalue weighted by molar-refractivity contribution is 5.96. The van der Waals surface area contributed by atoms with Crippen molar-refractivity contribution in [3.05, 3.63) is 36.2 Å². The highest BCUT2D eigenvalue weighted by atomic mass is 19.1. The van der Waals surface area contributed by atoms with E-state index in [0.29, 0.717) is 6.42 Å². The number of carbonyl (C=O) groups is 2. The van der Waals surface area contributed by atoms with Gasteiger partial charge in [0, 0.05) is 11.8 Å². The Kier molecular flexibility index (Phi) is 3.16. The first-order valence-electron chi connectivity index (χ1n) is 6.68. The number of benzene rings is 1. The Morgan fingerprint density at radius 2 is 1.86 bits per heavy atom. The van der Waals surface area contributed by atoms with Crippen molar-refractivity contribution in [2.75, 3.05) is 5.32 Å². The molecule has 6 heteroatoms. The van der Waals surface area contributed by atoms with Gasteiger partial charge < -0.3 is 15.5 Å². The van der Waals surface area contributed by atoms with Gasteiger partial charge in [0.15, 0.2) is 11.6 Å². The molecule has 0 saturated heterocycles. The number of anilines is 1. The van der Waals surface area contributed by atoms with Crippen LogP contribution < -0.4 is 5.32 Å². The molecule has 2 aliphatic rings. The molecule has 0 spiro atoms. The zero-order valence-corrected chi connectivity index (χ0v) is 11.0. The van der Waals surface area contributed by atoms with E-state index in [2.05, 4.69) is 5.32 Å². The molecule has 1 saturated carbocycles. The average Bonchev–Trinajstić information content (AvgIpc) is 3.03. The molecule has 110 valence electrons. The van der Waals surface area contributed by atoms with Crippen LogP contribution in [0.15, 0.2) is 30.4 Å². The number of carbonyl (C=O) groups excluding carboxylic acids is 1. The lowest BCUT2D eigenvalue weighted by Gasteiger charge is -2.23. The molecule has 0 heterocycles. The summed E-state index contributed by atoms with van der Waals surface area (Å²) in [5.41, 5.74) is 0.200. The van der Waals surface area contributed by atoms with Crippen LogP contribution in [0, 0.1) is 29.5 Å². The summed E-state index contributed by atoms with van der Waals surface area (Å²) >= 11 is 0. The largest absolute Gasteiger partial charge is 0.505 e. The fourth-order valence-electron chi connectivity index (χ4n) is 3.33. The maximum absolute atomic E-state index is 13.3. The molecular formula is C15H14FNO4. The number of halogens is 1. The number of rotatable bonds is 3. The van der Waals surface area contributed by atoms with Gasteiger partial charge in [0.2, 0.25) is 5.91 Å². The summed E-state index contributed by atoms with van der Waals surface area (Å²) in [6.45, 7) is 0. The number of aliphatic carboxylic acids is 1. The van der Waals surface area contributed by atoms with Gasteiger partial charge in [-0.1, -0.05) is 12.2 Å². The van der Waals surface area contributed by atoms with E-state index < -0.39 is 35.3 Å². The second-order valence-electron chi connectivity index (χ2n) is 5.49. The SMILES string of the molecule is O=C(O)[C@@H]1C2C=CC(C2)[C@@H]1C(=O)Nc1ccc(O)c(F)c1. The van der Waals surface area contributed by atoms with Gasteiger partial charge in [-0.2, -0.15) is 0 Å². The first-order valence-corrected chi connectivity index (χ1v) is 6.68. The Morgan fingerprint density at radius 1 is 1.19 bits per heavy atom. The molecule has 1 fully saturated rings. The standard InChI is InChI=1S/C15H14FNO4/c16-10-6-9(3-4-11(10)18)17-14(19)12-7-1-2-8(5-7)13(12)15(20)21/h1-4,6-8,12-13,18H,5H2,(H,17,19)(H,20,21)/t7?,8?,12-,13+/m0/s1. The smallest absolute Gasteiger partial charge is 0.307 e. The van der Waals surface area contributed by atoms with Crippen LogP contribution in [0.2, 0.25) is 0 Å². The first-order chi connectivity index (χ1) is 9.97. The number of hydrogen-bond donors (Lipinski definition) is 3. The predicted molar refractivity (Wildman–Crippen MR) is 72.0 cm³/mol. The third kappa shape index (κ3) is 2.26. The van der Waals surface area contributed by atoms with Crippen molar-refractivity contribution in [3.63, 3.8) is 0 Å². The molecule has 21 heavy (non-hydrogen) atoms. The van der Waals surface area contributed by atoms with Gasteiger partial charge in [0.05, 0.1) is 11.8 Å². The van der Waals surface area contributed by atoms with Crippen LogP contribution in [0.1, 0.15) is 6.42 Å². The third-order valence-electron chi connectivity index (χ3n) is 4.26. The minimum Gasteiger partial charge on any atom is -0.505 e. The summed E-state index contributed by atoms with van der Waals surface area (Å²) in [6, 6.07) is 3.52. The van der Waals surface area contributed by atoms with Crippen molar-refractivity contribution in [3.8, 4) is 5.75 Å². The number of amides is 1. The lowest BCUT2D eigenvalue weighted by Crippen LogP contribution is -2.36. The number of hydrogen-bond acceptors (Lipinski definition) is 3. The van der Waals surface area contributed by atoms with E-state index in [1.807, 2.05) is 12.2 Å². The number of aromatic hydroxyl groups is 1. The number of nitrogens with one attached hydrogen (secondary N) is 1. The Bertz CT molecular complexity index is 643. The molecule has 0 aliphatic heterocycles. The van der Waals surface area contributed by atoms with Crippen LogP contribution in [0.5, 0.6) is 5.75 Å². The highest BCUT2D eigenvalue weighted by Gasteiger charge is 2.51. The summed E-state index contributed by atoms with van der Waals surface area (Å²) in [5, 5.41) is 20.9. The Balaban J connectivity index is 1.80. The monoisotopic (exact) mass is 291 g/mol. The summed E-state index contributed by atoms with van der Waals surface area (Å²) in [7, 11) is 0. The van der Waals surface area contributed by atoms with Gasteiger partial charge >= 0.3 is 5.97 Å². The van der Waals surface area contributed by atoms with E-state index in [-0.39, 0.29) is 17.5 Å². The number of carboxylic acid groups (broad SMARTS) is 1. The van der Waals surface area contributed by atoms with Gasteiger partial charge in [0.25, 0.3) is 0 Å². The number of phenols is 1. The molecule has 2 aliphatic carbocycles. The molecule has 1 aromatic rings. The normalized spacial score (nSPS) is 29.6. The zero-order valence-electron chi connectivity index (χ0n) is 11.0. The summed E-state index contributed by atoms with van der Waals surface area (Å²) in [6.07, 6.45) is 4.40. The van der Waals surface area contributed by atoms with Crippen molar-refractivity contribution in [1.82, 2.24) is 0 Å². The molecule has 0 aromatic heterocycles. The van der Waals surface area contributed by atoms with Gasteiger partial charge in [0.1, 0.15) is 0 Å². The maximum atomic E-state index is 13.3. The molecule has 5 nitrogen and oxygen atoms in total. The van der Waals surface area contributed by atoms with Crippen LogP contribution in [0.4, 0.5) is 10.1 Å². The zero-order chi connectivity index (χ0) is 15.1. The second kappa shape index (κ2) is 4.87. The van der Waals surface area contributed by atoms with E-state index in [0.717, 1.165) is 12.1 Å². The molecule has 4 atom stereocenters. The number of phenolic OH excluding ortho intramolecular Hbond substituents is 1. The van der Waals surface area contributed by atoms with Crippen molar-refractivity contribution in [2.24, 2.45) is 23.7 Å². The molecule has 0 radical (unpaired) electrons. The van der Waals surface area contributed by atoms with Gasteiger partial charge in [-0.3, -0.25) is 9.59 Å². The Hall–Kier alpha value is -2.37. The van der Waals surface area contributed by atoms with Crippen molar-refractivity contribution in [2.45, 2.75) is 6.42 Å². The third-order valence-corrected chi connectivity index (χ3v) is 4.26.